The molecule has 1 fully saturated rings. The zero-order chi connectivity index (χ0) is 17.3. The van der Waals surface area contributed by atoms with E-state index in [4.69, 9.17) is 18.6 Å². The Kier molecular flexibility index (Phi) is 14.1. The molecule has 1 rings (SSSR count). The molecule has 24 heavy (non-hydrogen) atoms. The average Bonchev–Trinajstić information content (AvgIpc) is 2.80. The van der Waals surface area contributed by atoms with Gasteiger partial charge in [-0.1, -0.05) is 77.6 Å². The van der Waals surface area contributed by atoms with E-state index in [9.17, 15) is 4.57 Å². The van der Waals surface area contributed by atoms with Crippen molar-refractivity contribution in [3.05, 3.63) is 0 Å². The molecule has 0 amide bonds. The van der Waals surface area contributed by atoms with Crippen LogP contribution in [0.4, 0.5) is 0 Å². The summed E-state index contributed by atoms with van der Waals surface area (Å²) in [5, 5.41) is 0. The Morgan fingerprint density at radius 1 is 0.750 bits per heavy atom. The lowest BCUT2D eigenvalue weighted by atomic mass is 10.1. The summed E-state index contributed by atoms with van der Waals surface area (Å²) in [6.45, 7) is 3.50. The van der Waals surface area contributed by atoms with Crippen molar-refractivity contribution in [2.75, 3.05) is 19.8 Å². The first-order chi connectivity index (χ1) is 11.8. The Labute approximate surface area is 148 Å². The minimum atomic E-state index is -3.46. The summed E-state index contributed by atoms with van der Waals surface area (Å²) < 4.78 is 27.0. The number of hydrogen-bond acceptors (Lipinski definition) is 5. The topological polar surface area (TPSA) is 54.0 Å². The molecule has 0 aromatic rings. The van der Waals surface area contributed by atoms with Crippen LogP contribution in [-0.4, -0.2) is 19.8 Å². The maximum Gasteiger partial charge on any atom is 0.502 e. The van der Waals surface area contributed by atoms with E-state index in [1.807, 2.05) is 0 Å². The van der Waals surface area contributed by atoms with E-state index in [2.05, 4.69) is 6.92 Å². The molecule has 1 saturated heterocycles. The van der Waals surface area contributed by atoms with E-state index >= 15 is 0 Å². The van der Waals surface area contributed by atoms with Crippen molar-refractivity contribution in [1.82, 2.24) is 0 Å². The molecule has 1 aliphatic rings. The smallest absolute Gasteiger partial charge is 0.285 e. The van der Waals surface area contributed by atoms with Gasteiger partial charge in [-0.25, -0.2) is 9.45 Å². The van der Waals surface area contributed by atoms with Crippen LogP contribution in [0.2, 0.25) is 0 Å². The quantitative estimate of drug-likeness (QED) is 0.142. The van der Waals surface area contributed by atoms with Crippen molar-refractivity contribution in [3.63, 3.8) is 0 Å². The highest BCUT2D eigenvalue weighted by Gasteiger charge is 2.29. The second-order valence-corrected chi connectivity index (χ2v) is 8.17. The van der Waals surface area contributed by atoms with Crippen LogP contribution in [0.15, 0.2) is 0 Å². The van der Waals surface area contributed by atoms with Crippen LogP contribution in [0.5, 0.6) is 0 Å². The predicted octanol–water partition coefficient (Wildman–Crippen LogP) is 6.57. The molecule has 0 aliphatic carbocycles. The van der Waals surface area contributed by atoms with Gasteiger partial charge in [0.05, 0.1) is 19.8 Å². The molecular formula is C18H37O5P. The Bertz CT molecular complexity index is 313. The summed E-state index contributed by atoms with van der Waals surface area (Å²) in [5.41, 5.74) is 0. The van der Waals surface area contributed by atoms with E-state index in [0.29, 0.717) is 19.8 Å². The Hall–Kier alpha value is 0.0700. The molecule has 1 aliphatic heterocycles. The van der Waals surface area contributed by atoms with Gasteiger partial charge < -0.3 is 0 Å². The number of phosphoric ester groups is 1. The zero-order valence-electron chi connectivity index (χ0n) is 15.5. The lowest BCUT2D eigenvalue weighted by Gasteiger charge is -2.13. The molecule has 0 N–H and O–H groups in total. The molecule has 0 aromatic carbocycles. The fraction of sp³-hybridized carbons (Fsp3) is 1.00. The number of unbranched alkanes of at least 4 members (excludes halogenated alkanes) is 11. The second kappa shape index (κ2) is 15.3. The fourth-order valence-electron chi connectivity index (χ4n) is 2.74. The van der Waals surface area contributed by atoms with Crippen LogP contribution in [-0.2, 0) is 23.2 Å². The molecule has 0 atom stereocenters. The highest BCUT2D eigenvalue weighted by atomic mass is 31.2. The third-order valence-electron chi connectivity index (χ3n) is 4.26. The lowest BCUT2D eigenvalue weighted by molar-refractivity contribution is -0.226. The Morgan fingerprint density at radius 3 is 1.71 bits per heavy atom. The molecule has 1 heterocycles. The van der Waals surface area contributed by atoms with Crippen LogP contribution in [0, 0.1) is 0 Å². The van der Waals surface area contributed by atoms with Gasteiger partial charge in [-0.05, 0) is 19.3 Å². The Morgan fingerprint density at radius 2 is 1.21 bits per heavy atom. The molecule has 0 spiro atoms. The summed E-state index contributed by atoms with van der Waals surface area (Å²) in [7, 11) is -3.46. The summed E-state index contributed by atoms with van der Waals surface area (Å²) in [6.07, 6.45) is 17.2. The second-order valence-electron chi connectivity index (χ2n) is 6.61. The first-order valence-electron chi connectivity index (χ1n) is 9.97. The van der Waals surface area contributed by atoms with Gasteiger partial charge >= 0.3 is 7.82 Å². The predicted molar refractivity (Wildman–Crippen MR) is 96.9 cm³/mol. The van der Waals surface area contributed by atoms with Gasteiger partial charge in [-0.2, -0.15) is 0 Å². The van der Waals surface area contributed by atoms with E-state index in [1.165, 1.54) is 64.2 Å². The van der Waals surface area contributed by atoms with Crippen molar-refractivity contribution < 1.29 is 23.2 Å². The Balaban J connectivity index is 1.80. The highest BCUT2D eigenvalue weighted by molar-refractivity contribution is 7.48. The van der Waals surface area contributed by atoms with Crippen LogP contribution >= 0.6 is 7.82 Å². The van der Waals surface area contributed by atoms with Crippen molar-refractivity contribution in [2.45, 2.75) is 96.8 Å². The van der Waals surface area contributed by atoms with E-state index in [-0.39, 0.29) is 0 Å². The van der Waals surface area contributed by atoms with Crippen molar-refractivity contribution in [3.8, 4) is 0 Å². The van der Waals surface area contributed by atoms with Gasteiger partial charge in [0.25, 0.3) is 0 Å². The van der Waals surface area contributed by atoms with Gasteiger partial charge in [-0.15, -0.1) is 4.67 Å². The van der Waals surface area contributed by atoms with Crippen LogP contribution in [0.3, 0.4) is 0 Å². The minimum absolute atomic E-state index is 0.402. The van der Waals surface area contributed by atoms with Crippen LogP contribution in [0.25, 0.3) is 0 Å². The number of hydrogen-bond donors (Lipinski definition) is 0. The molecule has 5 nitrogen and oxygen atoms in total. The maximum absolute atomic E-state index is 12.0. The number of rotatable bonds is 15. The number of phosphoric acid groups is 1. The van der Waals surface area contributed by atoms with Gasteiger partial charge in [-0.3, -0.25) is 9.05 Å². The standard InChI is InChI=1S/C18H37O5P/c1-2-3-4-5-6-7-8-9-10-11-12-13-16-20-23-24(19)21-17-14-15-18-22-24/h2-18H2,1H3. The minimum Gasteiger partial charge on any atom is -0.285 e. The van der Waals surface area contributed by atoms with E-state index in [0.717, 1.165) is 25.7 Å². The van der Waals surface area contributed by atoms with E-state index < -0.39 is 7.82 Å². The lowest BCUT2D eigenvalue weighted by Crippen LogP contribution is -2.00. The molecule has 0 unspecified atom stereocenters. The molecule has 0 radical (unpaired) electrons. The summed E-state index contributed by atoms with van der Waals surface area (Å²) in [4.78, 5) is 5.01. The van der Waals surface area contributed by atoms with Crippen molar-refractivity contribution >= 4 is 7.82 Å². The van der Waals surface area contributed by atoms with Crippen LogP contribution in [0.1, 0.15) is 96.8 Å². The SMILES string of the molecule is CCCCCCCCCCCCCCOOP1(=O)OCCCCO1. The molecule has 6 heteroatoms. The van der Waals surface area contributed by atoms with Gasteiger partial charge in [0.15, 0.2) is 0 Å². The normalized spacial score (nSPS) is 17.7. The first-order valence-corrected chi connectivity index (χ1v) is 11.4. The van der Waals surface area contributed by atoms with Crippen LogP contribution < -0.4 is 0 Å². The first kappa shape index (κ1) is 22.1. The third kappa shape index (κ3) is 12.4. The van der Waals surface area contributed by atoms with Crippen molar-refractivity contribution in [2.24, 2.45) is 0 Å². The monoisotopic (exact) mass is 364 g/mol. The summed E-state index contributed by atoms with van der Waals surface area (Å²) >= 11 is 0. The van der Waals surface area contributed by atoms with Gasteiger partial charge in [0.1, 0.15) is 0 Å². The molecule has 144 valence electrons. The zero-order valence-corrected chi connectivity index (χ0v) is 16.4. The highest BCUT2D eigenvalue weighted by Crippen LogP contribution is 2.51. The third-order valence-corrected chi connectivity index (χ3v) is 5.55. The molecule has 0 bridgehead atoms. The molecular weight excluding hydrogens is 327 g/mol. The fourth-order valence-corrected chi connectivity index (χ4v) is 3.81. The van der Waals surface area contributed by atoms with Gasteiger partial charge in [0.2, 0.25) is 0 Å². The summed E-state index contributed by atoms with van der Waals surface area (Å²) in [6, 6.07) is 0. The van der Waals surface area contributed by atoms with Crippen molar-refractivity contribution in [1.29, 1.82) is 0 Å². The van der Waals surface area contributed by atoms with Gasteiger partial charge in [0, 0.05) is 0 Å². The maximum atomic E-state index is 12.0. The largest absolute Gasteiger partial charge is 0.502 e. The molecule has 0 saturated carbocycles. The van der Waals surface area contributed by atoms with E-state index in [1.54, 1.807) is 0 Å². The average molecular weight is 364 g/mol. The molecule has 0 aromatic heterocycles. The summed E-state index contributed by atoms with van der Waals surface area (Å²) in [5.74, 6) is 0.